The molecule has 0 atom stereocenters. The summed E-state index contributed by atoms with van der Waals surface area (Å²) in [4.78, 5) is 2.37. The molecule has 1 aliphatic carbocycles. The van der Waals surface area contributed by atoms with Crippen molar-refractivity contribution in [3.63, 3.8) is 0 Å². The fourth-order valence-electron chi connectivity index (χ4n) is 7.35. The molecule has 0 unspecified atom stereocenters. The van der Waals surface area contributed by atoms with Crippen molar-refractivity contribution in [1.29, 1.82) is 0 Å². The smallest absolute Gasteiger partial charge is 0.0412 e. The Morgan fingerprint density at radius 1 is 0.531 bits per heavy atom. The van der Waals surface area contributed by atoms with Gasteiger partial charge in [0, 0.05) is 29.4 Å². The Morgan fingerprint density at radius 2 is 1.06 bits per heavy atom. The summed E-state index contributed by atoms with van der Waals surface area (Å²) in [7, 11) is 0. The predicted molar refractivity (Wildman–Crippen MR) is 209 cm³/mol. The maximum absolute atomic E-state index is 4.67. The molecular formula is C48H39N. The van der Waals surface area contributed by atoms with Gasteiger partial charge in [-0.25, -0.2) is 0 Å². The van der Waals surface area contributed by atoms with E-state index in [1.54, 1.807) is 0 Å². The highest BCUT2D eigenvalue weighted by atomic mass is 15.1. The molecule has 1 nitrogen and oxygen atoms in total. The first-order valence-electron chi connectivity index (χ1n) is 17.1. The number of benzene rings is 6. The summed E-state index contributed by atoms with van der Waals surface area (Å²) < 4.78 is 0. The second-order valence-corrected chi connectivity index (χ2v) is 13.5. The molecule has 0 saturated carbocycles. The number of allylic oxidation sites excluding steroid dienone is 5. The summed E-state index contributed by atoms with van der Waals surface area (Å²) in [6.07, 6.45) is 9.04. The Hall–Kier alpha value is -5.92. The zero-order valence-electron chi connectivity index (χ0n) is 28.1. The Kier molecular flexibility index (Phi) is 7.82. The van der Waals surface area contributed by atoms with E-state index in [0.29, 0.717) is 0 Å². The van der Waals surface area contributed by atoms with Gasteiger partial charge in [0.15, 0.2) is 0 Å². The van der Waals surface area contributed by atoms with Crippen LogP contribution in [0, 0.1) is 0 Å². The van der Waals surface area contributed by atoms with Crippen molar-refractivity contribution >= 4 is 16.8 Å². The minimum Gasteiger partial charge on any atom is -0.344 e. The normalized spacial score (nSPS) is 17.8. The molecule has 8 rings (SSSR count). The molecule has 0 aromatic heterocycles. The van der Waals surface area contributed by atoms with E-state index < -0.39 is 0 Å². The van der Waals surface area contributed by atoms with E-state index in [9.17, 15) is 0 Å². The second kappa shape index (κ2) is 12.6. The average Bonchev–Trinajstić information content (AvgIpc) is 3.43. The highest BCUT2D eigenvalue weighted by Gasteiger charge is 2.35. The molecule has 236 valence electrons. The molecule has 0 spiro atoms. The molecule has 1 heteroatoms. The van der Waals surface area contributed by atoms with Gasteiger partial charge in [0.2, 0.25) is 0 Å². The molecule has 0 bridgehead atoms. The van der Waals surface area contributed by atoms with Gasteiger partial charge in [0.05, 0.1) is 0 Å². The SMILES string of the molecule is C=C1/C=C(c2ccc(-c3ccccc3)cc2)\C=C/CN(c2ccc3c(c2)C(C)(C)c2ccccc2-3)/C=C\1c1ccc(-c2ccccc2)cc1. The van der Waals surface area contributed by atoms with E-state index in [1.165, 1.54) is 55.8 Å². The van der Waals surface area contributed by atoms with E-state index in [-0.39, 0.29) is 5.41 Å². The lowest BCUT2D eigenvalue weighted by atomic mass is 9.82. The zero-order chi connectivity index (χ0) is 33.4. The Labute approximate surface area is 290 Å². The molecule has 1 heterocycles. The fourth-order valence-corrected chi connectivity index (χ4v) is 7.35. The lowest BCUT2D eigenvalue weighted by Gasteiger charge is -2.25. The van der Waals surface area contributed by atoms with Crippen molar-refractivity contribution < 1.29 is 0 Å². The van der Waals surface area contributed by atoms with Gasteiger partial charge in [-0.3, -0.25) is 0 Å². The fraction of sp³-hybridized carbons (Fsp3) is 0.0833. The van der Waals surface area contributed by atoms with Crippen LogP contribution in [0.2, 0.25) is 0 Å². The quantitative estimate of drug-likeness (QED) is 0.183. The second-order valence-electron chi connectivity index (χ2n) is 13.5. The van der Waals surface area contributed by atoms with Gasteiger partial charge in [-0.1, -0.05) is 172 Å². The summed E-state index contributed by atoms with van der Waals surface area (Å²) in [6, 6.07) is 54.7. The van der Waals surface area contributed by atoms with E-state index in [1.807, 2.05) is 0 Å². The van der Waals surface area contributed by atoms with Crippen molar-refractivity contribution in [2.75, 3.05) is 11.4 Å². The van der Waals surface area contributed by atoms with Crippen molar-refractivity contribution in [2.24, 2.45) is 0 Å². The zero-order valence-corrected chi connectivity index (χ0v) is 28.1. The van der Waals surface area contributed by atoms with Crippen LogP contribution in [-0.2, 0) is 5.41 Å². The van der Waals surface area contributed by atoms with Crippen LogP contribution in [0.3, 0.4) is 0 Å². The summed E-state index contributed by atoms with van der Waals surface area (Å²) in [5.74, 6) is 0. The Bertz CT molecular complexity index is 2250. The minimum atomic E-state index is -0.0680. The van der Waals surface area contributed by atoms with Crippen molar-refractivity contribution in [3.8, 4) is 33.4 Å². The number of nitrogens with zero attached hydrogens (tertiary/aromatic N) is 1. The molecule has 0 radical (unpaired) electrons. The van der Waals surface area contributed by atoms with Gasteiger partial charge in [-0.15, -0.1) is 0 Å². The standard InChI is InChI=1S/C48H39N/c1-34-31-41(39-22-20-37(21-23-39)35-13-6-4-7-14-35)17-12-30-49(33-45(34)40-26-24-38(25-27-40)36-15-8-5-9-16-36)42-28-29-44-43-18-10-11-19-46(43)48(2,3)47(44)32-42/h4-29,31-33H,1,30H2,2-3H3/b17-12-,41-31+,45-33+. The van der Waals surface area contributed by atoms with Crippen LogP contribution in [0.1, 0.15) is 36.1 Å². The topological polar surface area (TPSA) is 3.24 Å². The predicted octanol–water partition coefficient (Wildman–Crippen LogP) is 12.4. The summed E-state index contributed by atoms with van der Waals surface area (Å²) in [5.41, 5.74) is 16.9. The van der Waals surface area contributed by atoms with Gasteiger partial charge < -0.3 is 4.90 Å². The largest absolute Gasteiger partial charge is 0.344 e. The highest BCUT2D eigenvalue weighted by Crippen LogP contribution is 2.49. The number of hydrogen-bond acceptors (Lipinski definition) is 1. The van der Waals surface area contributed by atoms with Crippen LogP contribution in [-0.4, -0.2) is 6.54 Å². The van der Waals surface area contributed by atoms with Crippen LogP contribution in [0.15, 0.2) is 188 Å². The summed E-state index contributed by atoms with van der Waals surface area (Å²) in [5, 5.41) is 0. The Morgan fingerprint density at radius 3 is 1.71 bits per heavy atom. The van der Waals surface area contributed by atoms with Crippen molar-refractivity contribution in [3.05, 3.63) is 210 Å². The van der Waals surface area contributed by atoms with E-state index >= 15 is 0 Å². The molecule has 0 N–H and O–H groups in total. The maximum atomic E-state index is 4.67. The van der Waals surface area contributed by atoms with Gasteiger partial charge in [0.25, 0.3) is 0 Å². The van der Waals surface area contributed by atoms with Crippen molar-refractivity contribution in [2.45, 2.75) is 19.3 Å². The average molecular weight is 630 g/mol. The first kappa shape index (κ1) is 30.4. The highest BCUT2D eigenvalue weighted by molar-refractivity contribution is 5.90. The first-order chi connectivity index (χ1) is 24.0. The molecule has 0 amide bonds. The monoisotopic (exact) mass is 629 g/mol. The molecule has 0 saturated heterocycles. The molecule has 2 aliphatic rings. The maximum Gasteiger partial charge on any atom is 0.0412 e. The lowest BCUT2D eigenvalue weighted by Crippen LogP contribution is -2.19. The molecule has 0 fully saturated rings. The van der Waals surface area contributed by atoms with E-state index in [0.717, 1.165) is 28.8 Å². The van der Waals surface area contributed by atoms with Gasteiger partial charge >= 0.3 is 0 Å². The lowest BCUT2D eigenvalue weighted by molar-refractivity contribution is 0.660. The minimum absolute atomic E-state index is 0.0680. The third-order valence-electron chi connectivity index (χ3n) is 10.1. The van der Waals surface area contributed by atoms with E-state index in [4.69, 9.17) is 0 Å². The first-order valence-corrected chi connectivity index (χ1v) is 17.1. The molecule has 1 aliphatic heterocycles. The van der Waals surface area contributed by atoms with Crippen LogP contribution in [0.5, 0.6) is 0 Å². The molecule has 49 heavy (non-hydrogen) atoms. The van der Waals surface area contributed by atoms with Crippen LogP contribution < -0.4 is 4.90 Å². The van der Waals surface area contributed by atoms with Gasteiger partial charge in [-0.2, -0.15) is 0 Å². The van der Waals surface area contributed by atoms with Crippen LogP contribution in [0.4, 0.5) is 5.69 Å². The number of fused-ring (bicyclic) bond motifs is 3. The summed E-state index contributed by atoms with van der Waals surface area (Å²) >= 11 is 0. The molecule has 6 aromatic rings. The van der Waals surface area contributed by atoms with Crippen molar-refractivity contribution in [1.82, 2.24) is 0 Å². The third kappa shape index (κ3) is 5.79. The number of anilines is 1. The number of hydrogen-bond donors (Lipinski definition) is 0. The van der Waals surface area contributed by atoms with Crippen LogP contribution in [0.25, 0.3) is 44.5 Å². The molecular weight excluding hydrogens is 591 g/mol. The Balaban J connectivity index is 1.20. The van der Waals surface area contributed by atoms with E-state index in [2.05, 4.69) is 201 Å². The molecule has 6 aromatic carbocycles. The summed E-state index contributed by atoms with van der Waals surface area (Å²) in [6.45, 7) is 10.1. The number of rotatable bonds is 5. The van der Waals surface area contributed by atoms with Crippen LogP contribution >= 0.6 is 0 Å². The van der Waals surface area contributed by atoms with Gasteiger partial charge in [-0.05, 0) is 85.0 Å². The van der Waals surface area contributed by atoms with Gasteiger partial charge in [0.1, 0.15) is 0 Å². The third-order valence-corrected chi connectivity index (χ3v) is 10.1.